The number of nitrogens with zero attached hydrogens (tertiary/aromatic N) is 3. The molecule has 0 spiro atoms. The second-order valence-corrected chi connectivity index (χ2v) is 2.56. The van der Waals surface area contributed by atoms with Crippen LogP contribution in [0.2, 0.25) is 0 Å². The topological polar surface area (TPSA) is 65.3 Å². The Morgan fingerprint density at radius 3 is 3.17 bits per heavy atom. The van der Waals surface area contributed by atoms with Gasteiger partial charge in [0.2, 0.25) is 0 Å². The summed E-state index contributed by atoms with van der Waals surface area (Å²) >= 11 is 0. The van der Waals surface area contributed by atoms with Crippen LogP contribution in [-0.2, 0) is 4.79 Å². The minimum atomic E-state index is -0.890. The number of aliphatic imine (C=N–C) groups is 1. The number of hydrogen-bond donors (Lipinski definition) is 1. The minimum absolute atomic E-state index is 0.382. The van der Waals surface area contributed by atoms with E-state index in [4.69, 9.17) is 5.11 Å². The number of rotatable bonds is 1. The Kier molecular flexibility index (Phi) is 1.43. The first-order valence-corrected chi connectivity index (χ1v) is 3.54. The first kappa shape index (κ1) is 7.02. The molecule has 0 aromatic rings. The molecule has 2 heterocycles. The van der Waals surface area contributed by atoms with Crippen molar-refractivity contribution in [2.75, 3.05) is 0 Å². The second-order valence-electron chi connectivity index (χ2n) is 2.56. The number of hydrogen-bond acceptors (Lipinski definition) is 4. The highest BCUT2D eigenvalue weighted by Gasteiger charge is 2.35. The number of carboxylic acids is 1. The van der Waals surface area contributed by atoms with E-state index >= 15 is 0 Å². The molecule has 62 valence electrons. The minimum Gasteiger partial charge on any atom is -0.481 e. The van der Waals surface area contributed by atoms with Crippen molar-refractivity contribution in [1.29, 1.82) is 0 Å². The highest BCUT2D eigenvalue weighted by molar-refractivity contribution is 5.91. The summed E-state index contributed by atoms with van der Waals surface area (Å²) < 4.78 is 0. The molecule has 5 nitrogen and oxygen atoms in total. The molecule has 2 atom stereocenters. The molecule has 0 fully saturated rings. The van der Waals surface area contributed by atoms with E-state index in [1.807, 2.05) is 0 Å². The molecule has 0 amide bonds. The maximum atomic E-state index is 10.6. The summed E-state index contributed by atoms with van der Waals surface area (Å²) in [6, 6.07) is 0. The van der Waals surface area contributed by atoms with Gasteiger partial charge >= 0.3 is 5.97 Å². The fourth-order valence-electron chi connectivity index (χ4n) is 1.20. The van der Waals surface area contributed by atoms with Crippen LogP contribution in [0, 0.1) is 5.92 Å². The zero-order valence-corrected chi connectivity index (χ0v) is 6.16. The van der Waals surface area contributed by atoms with Crippen LogP contribution in [0.4, 0.5) is 0 Å². The van der Waals surface area contributed by atoms with Gasteiger partial charge in [-0.15, -0.1) is 0 Å². The molecular weight excluding hydrogens is 158 g/mol. The van der Waals surface area contributed by atoms with Gasteiger partial charge in [0, 0.05) is 18.6 Å². The molecule has 0 unspecified atom stereocenters. The van der Waals surface area contributed by atoms with E-state index in [0.717, 1.165) is 0 Å². The van der Waals surface area contributed by atoms with E-state index in [-0.39, 0.29) is 6.17 Å². The van der Waals surface area contributed by atoms with Crippen molar-refractivity contribution < 1.29 is 9.90 Å². The zero-order chi connectivity index (χ0) is 8.55. The Balaban J connectivity index is 2.24. The Hall–Kier alpha value is -1.65. The molecule has 5 heteroatoms. The van der Waals surface area contributed by atoms with Gasteiger partial charge in [0.25, 0.3) is 0 Å². The highest BCUT2D eigenvalue weighted by Crippen LogP contribution is 2.20. The first-order valence-electron chi connectivity index (χ1n) is 3.54. The molecule has 0 aromatic carbocycles. The molecule has 0 aliphatic carbocycles. The number of aliphatic carboxylic acids is 1. The standard InChI is InChI=1S/C7H7N3O2/c11-7(12)5-4-9-10-3-1-2-8-6(5)10/h1-6H,(H,11,12)/t5-,6-/m1/s1. The average Bonchev–Trinajstić information content (AvgIpc) is 2.47. The van der Waals surface area contributed by atoms with Crippen molar-refractivity contribution in [3.05, 3.63) is 12.3 Å². The Bertz CT molecular complexity index is 295. The van der Waals surface area contributed by atoms with Crippen LogP contribution in [0.1, 0.15) is 0 Å². The molecule has 0 bridgehead atoms. The fraction of sp³-hybridized carbons (Fsp3) is 0.286. The van der Waals surface area contributed by atoms with E-state index in [0.29, 0.717) is 0 Å². The smallest absolute Gasteiger partial charge is 0.316 e. The van der Waals surface area contributed by atoms with Crippen LogP contribution >= 0.6 is 0 Å². The van der Waals surface area contributed by atoms with Crippen LogP contribution in [-0.4, -0.2) is 34.7 Å². The van der Waals surface area contributed by atoms with E-state index in [2.05, 4.69) is 10.1 Å². The van der Waals surface area contributed by atoms with Crippen LogP contribution in [0.3, 0.4) is 0 Å². The fourth-order valence-corrected chi connectivity index (χ4v) is 1.20. The van der Waals surface area contributed by atoms with Crippen LogP contribution in [0.15, 0.2) is 22.4 Å². The summed E-state index contributed by atoms with van der Waals surface area (Å²) in [6.07, 6.45) is 6.04. The van der Waals surface area contributed by atoms with Gasteiger partial charge in [0.05, 0.1) is 0 Å². The number of carboxylic acid groups (broad SMARTS) is 1. The lowest BCUT2D eigenvalue weighted by atomic mass is 10.1. The van der Waals surface area contributed by atoms with Gasteiger partial charge in [-0.2, -0.15) is 5.10 Å². The Labute approximate surface area is 68.7 Å². The van der Waals surface area contributed by atoms with Gasteiger partial charge in [-0.3, -0.25) is 9.79 Å². The van der Waals surface area contributed by atoms with Gasteiger partial charge in [-0.1, -0.05) is 0 Å². The Morgan fingerprint density at radius 2 is 2.42 bits per heavy atom. The molecule has 0 saturated carbocycles. The summed E-state index contributed by atoms with van der Waals surface area (Å²) in [7, 11) is 0. The zero-order valence-electron chi connectivity index (χ0n) is 6.16. The van der Waals surface area contributed by atoms with Crippen molar-refractivity contribution in [3.63, 3.8) is 0 Å². The van der Waals surface area contributed by atoms with E-state index in [1.54, 1.807) is 23.5 Å². The predicted octanol–water partition coefficient (Wildman–Crippen LogP) is -0.0872. The third-order valence-corrected chi connectivity index (χ3v) is 1.80. The maximum absolute atomic E-state index is 10.6. The predicted molar refractivity (Wildman–Crippen MR) is 42.9 cm³/mol. The van der Waals surface area contributed by atoms with Crippen LogP contribution in [0.25, 0.3) is 0 Å². The molecule has 12 heavy (non-hydrogen) atoms. The SMILES string of the molecule is O=C(O)[C@@H]1C=NN2C=CC=N[C@@H]12. The van der Waals surface area contributed by atoms with Crippen molar-refractivity contribution in [2.45, 2.75) is 6.17 Å². The molecule has 0 saturated heterocycles. The van der Waals surface area contributed by atoms with Crippen molar-refractivity contribution in [1.82, 2.24) is 5.01 Å². The molecule has 2 rings (SSSR count). The van der Waals surface area contributed by atoms with Gasteiger partial charge in [0.1, 0.15) is 5.92 Å². The number of carbonyl (C=O) groups is 1. The van der Waals surface area contributed by atoms with Crippen molar-refractivity contribution in [2.24, 2.45) is 16.0 Å². The highest BCUT2D eigenvalue weighted by atomic mass is 16.4. The lowest BCUT2D eigenvalue weighted by molar-refractivity contribution is -0.140. The number of hydrazone groups is 1. The number of fused-ring (bicyclic) bond motifs is 1. The summed E-state index contributed by atoms with van der Waals surface area (Å²) in [5.41, 5.74) is 0. The van der Waals surface area contributed by atoms with Gasteiger partial charge < -0.3 is 5.11 Å². The quantitative estimate of drug-likeness (QED) is 0.590. The molecule has 2 aliphatic heterocycles. The monoisotopic (exact) mass is 165 g/mol. The van der Waals surface area contributed by atoms with Crippen molar-refractivity contribution >= 4 is 18.4 Å². The first-order chi connectivity index (χ1) is 5.79. The average molecular weight is 165 g/mol. The van der Waals surface area contributed by atoms with Crippen molar-refractivity contribution in [3.8, 4) is 0 Å². The molecule has 0 aromatic heterocycles. The van der Waals surface area contributed by atoms with Gasteiger partial charge in [-0.05, 0) is 6.08 Å². The maximum Gasteiger partial charge on any atom is 0.316 e. The molecule has 0 radical (unpaired) electrons. The molecule has 2 aliphatic rings. The lowest BCUT2D eigenvalue weighted by Crippen LogP contribution is -2.33. The molecule has 1 N–H and O–H groups in total. The van der Waals surface area contributed by atoms with Crippen LogP contribution in [0.5, 0.6) is 0 Å². The normalized spacial score (nSPS) is 30.8. The van der Waals surface area contributed by atoms with Gasteiger partial charge in [0.15, 0.2) is 6.17 Å². The van der Waals surface area contributed by atoms with E-state index < -0.39 is 11.9 Å². The Morgan fingerprint density at radius 1 is 1.58 bits per heavy atom. The largest absolute Gasteiger partial charge is 0.481 e. The summed E-state index contributed by atoms with van der Waals surface area (Å²) in [6.45, 7) is 0. The third kappa shape index (κ3) is 0.903. The molecular formula is C7H7N3O2. The van der Waals surface area contributed by atoms with E-state index in [1.165, 1.54) is 6.21 Å². The van der Waals surface area contributed by atoms with Crippen LogP contribution < -0.4 is 0 Å². The third-order valence-electron chi connectivity index (χ3n) is 1.80. The summed E-state index contributed by atoms with van der Waals surface area (Å²) in [4.78, 5) is 14.6. The summed E-state index contributed by atoms with van der Waals surface area (Å²) in [5.74, 6) is -1.51. The number of allylic oxidation sites excluding steroid dienone is 1. The lowest BCUT2D eigenvalue weighted by Gasteiger charge is -2.20. The van der Waals surface area contributed by atoms with E-state index in [9.17, 15) is 4.79 Å². The summed E-state index contributed by atoms with van der Waals surface area (Å²) in [5, 5.41) is 14.2. The van der Waals surface area contributed by atoms with Gasteiger partial charge in [-0.25, -0.2) is 5.01 Å². The second kappa shape index (κ2) is 2.44.